The molecule has 6 heteroatoms. The van der Waals surface area contributed by atoms with Crippen molar-refractivity contribution in [2.24, 2.45) is 0 Å². The van der Waals surface area contributed by atoms with Gasteiger partial charge in [-0.1, -0.05) is 18.2 Å². The SMILES string of the molecule is Cc1ccc2cccc(OC(=O)c3ccc([N+](=O)[O-])c(C)c3)c2n1. The molecular formula is C18H14N2O4. The normalized spacial score (nSPS) is 10.6. The van der Waals surface area contributed by atoms with Gasteiger partial charge in [0, 0.05) is 22.7 Å². The number of hydrogen-bond donors (Lipinski definition) is 0. The Morgan fingerprint density at radius 1 is 1.12 bits per heavy atom. The monoisotopic (exact) mass is 322 g/mol. The molecule has 0 bridgehead atoms. The van der Waals surface area contributed by atoms with Crippen LogP contribution in [0.3, 0.4) is 0 Å². The summed E-state index contributed by atoms with van der Waals surface area (Å²) >= 11 is 0. The van der Waals surface area contributed by atoms with Crippen molar-refractivity contribution in [1.29, 1.82) is 0 Å². The van der Waals surface area contributed by atoms with Gasteiger partial charge in [-0.25, -0.2) is 9.78 Å². The maximum atomic E-state index is 12.4. The first kappa shape index (κ1) is 15.6. The molecule has 0 fully saturated rings. The van der Waals surface area contributed by atoms with Gasteiger partial charge < -0.3 is 4.74 Å². The average molecular weight is 322 g/mol. The molecule has 3 rings (SSSR count). The van der Waals surface area contributed by atoms with E-state index in [9.17, 15) is 14.9 Å². The number of hydrogen-bond acceptors (Lipinski definition) is 5. The quantitative estimate of drug-likeness (QED) is 0.315. The predicted octanol–water partition coefficient (Wildman–Crippen LogP) is 3.98. The van der Waals surface area contributed by atoms with Crippen molar-refractivity contribution in [3.05, 3.63) is 75.5 Å². The molecule has 1 aromatic heterocycles. The molecule has 0 spiro atoms. The highest BCUT2D eigenvalue weighted by atomic mass is 16.6. The Balaban J connectivity index is 1.94. The molecule has 3 aromatic rings. The average Bonchev–Trinajstić information content (AvgIpc) is 2.55. The fraction of sp³-hybridized carbons (Fsp3) is 0.111. The number of pyridine rings is 1. The molecule has 0 aliphatic rings. The van der Waals surface area contributed by atoms with Crippen molar-refractivity contribution in [2.45, 2.75) is 13.8 Å². The van der Waals surface area contributed by atoms with E-state index in [-0.39, 0.29) is 11.3 Å². The van der Waals surface area contributed by atoms with Gasteiger partial charge in [0.15, 0.2) is 5.75 Å². The Morgan fingerprint density at radius 2 is 1.92 bits per heavy atom. The predicted molar refractivity (Wildman–Crippen MR) is 89.3 cm³/mol. The number of aromatic nitrogens is 1. The number of fused-ring (bicyclic) bond motifs is 1. The van der Waals surface area contributed by atoms with E-state index in [1.54, 1.807) is 19.1 Å². The summed E-state index contributed by atoms with van der Waals surface area (Å²) in [5, 5.41) is 11.7. The maximum absolute atomic E-state index is 12.4. The summed E-state index contributed by atoms with van der Waals surface area (Å²) in [6, 6.07) is 13.3. The van der Waals surface area contributed by atoms with Crippen LogP contribution in [0.2, 0.25) is 0 Å². The number of benzene rings is 2. The largest absolute Gasteiger partial charge is 0.421 e. The molecule has 0 saturated carbocycles. The van der Waals surface area contributed by atoms with Crippen LogP contribution in [-0.2, 0) is 0 Å². The summed E-state index contributed by atoms with van der Waals surface area (Å²) in [6.45, 7) is 3.44. The molecule has 1 heterocycles. The van der Waals surface area contributed by atoms with Crippen LogP contribution in [0.1, 0.15) is 21.6 Å². The number of rotatable bonds is 3. The Labute approximate surface area is 137 Å². The molecule has 0 unspecified atom stereocenters. The van der Waals surface area contributed by atoms with Crippen molar-refractivity contribution in [1.82, 2.24) is 4.98 Å². The second-order valence-corrected chi connectivity index (χ2v) is 5.43. The molecule has 2 aromatic carbocycles. The number of ether oxygens (including phenoxy) is 1. The first-order valence-electron chi connectivity index (χ1n) is 7.29. The second-order valence-electron chi connectivity index (χ2n) is 5.43. The zero-order valence-corrected chi connectivity index (χ0v) is 13.1. The highest BCUT2D eigenvalue weighted by Crippen LogP contribution is 2.25. The van der Waals surface area contributed by atoms with Crippen LogP contribution in [0.25, 0.3) is 10.9 Å². The third-order valence-electron chi connectivity index (χ3n) is 3.65. The lowest BCUT2D eigenvalue weighted by atomic mass is 10.1. The lowest BCUT2D eigenvalue weighted by Gasteiger charge is -2.08. The standard InChI is InChI=1S/C18H14N2O4/c1-11-10-14(8-9-15(11)20(22)23)18(21)24-16-5-3-4-13-7-6-12(2)19-17(13)16/h3-10H,1-2H3. The van der Waals surface area contributed by atoms with Gasteiger partial charge in [-0.3, -0.25) is 10.1 Å². The number of aryl methyl sites for hydroxylation is 2. The molecule has 24 heavy (non-hydrogen) atoms. The van der Waals surface area contributed by atoms with E-state index in [0.717, 1.165) is 11.1 Å². The Morgan fingerprint density at radius 3 is 2.62 bits per heavy atom. The Kier molecular flexibility index (Phi) is 3.95. The van der Waals surface area contributed by atoms with Gasteiger partial charge in [0.2, 0.25) is 0 Å². The van der Waals surface area contributed by atoms with E-state index in [1.807, 2.05) is 25.1 Å². The molecule has 0 N–H and O–H groups in total. The van der Waals surface area contributed by atoms with Gasteiger partial charge in [-0.05, 0) is 38.1 Å². The minimum Gasteiger partial charge on any atom is -0.421 e. The lowest BCUT2D eigenvalue weighted by molar-refractivity contribution is -0.385. The number of para-hydroxylation sites is 1. The van der Waals surface area contributed by atoms with Crippen LogP contribution in [-0.4, -0.2) is 15.9 Å². The number of nitro groups is 1. The zero-order chi connectivity index (χ0) is 17.3. The van der Waals surface area contributed by atoms with Crippen molar-refractivity contribution >= 4 is 22.6 Å². The maximum Gasteiger partial charge on any atom is 0.343 e. The minimum atomic E-state index is -0.580. The summed E-state index contributed by atoms with van der Waals surface area (Å²) in [7, 11) is 0. The second kappa shape index (κ2) is 6.08. The van der Waals surface area contributed by atoms with Crippen molar-refractivity contribution < 1.29 is 14.5 Å². The van der Waals surface area contributed by atoms with Gasteiger partial charge in [-0.15, -0.1) is 0 Å². The van der Waals surface area contributed by atoms with Crippen LogP contribution in [0, 0.1) is 24.0 Å². The smallest absolute Gasteiger partial charge is 0.343 e. The van der Waals surface area contributed by atoms with Crippen LogP contribution in [0.15, 0.2) is 48.5 Å². The molecular weight excluding hydrogens is 308 g/mol. The molecule has 0 radical (unpaired) electrons. The fourth-order valence-corrected chi connectivity index (χ4v) is 2.45. The van der Waals surface area contributed by atoms with E-state index >= 15 is 0 Å². The lowest BCUT2D eigenvalue weighted by Crippen LogP contribution is -2.09. The van der Waals surface area contributed by atoms with E-state index in [0.29, 0.717) is 16.8 Å². The van der Waals surface area contributed by atoms with Crippen LogP contribution in [0.4, 0.5) is 5.69 Å². The van der Waals surface area contributed by atoms with Crippen molar-refractivity contribution in [2.75, 3.05) is 0 Å². The summed E-state index contributed by atoms with van der Waals surface area (Å²) in [5.74, 6) is -0.221. The topological polar surface area (TPSA) is 82.3 Å². The molecule has 0 aliphatic heterocycles. The minimum absolute atomic E-state index is 0.0333. The highest BCUT2D eigenvalue weighted by molar-refractivity contribution is 5.94. The van der Waals surface area contributed by atoms with Gasteiger partial charge >= 0.3 is 5.97 Å². The third-order valence-corrected chi connectivity index (χ3v) is 3.65. The number of esters is 1. The summed E-state index contributed by atoms with van der Waals surface area (Å²) in [4.78, 5) is 27.1. The highest BCUT2D eigenvalue weighted by Gasteiger charge is 2.16. The molecule has 120 valence electrons. The Bertz CT molecular complexity index is 966. The van der Waals surface area contributed by atoms with Gasteiger partial charge in [0.25, 0.3) is 5.69 Å². The van der Waals surface area contributed by atoms with E-state index in [1.165, 1.54) is 18.2 Å². The van der Waals surface area contributed by atoms with E-state index in [2.05, 4.69) is 4.98 Å². The number of nitrogens with zero attached hydrogens (tertiary/aromatic N) is 2. The summed E-state index contributed by atoms with van der Waals surface area (Å²) in [6.07, 6.45) is 0. The fourth-order valence-electron chi connectivity index (χ4n) is 2.45. The number of nitro benzene ring substituents is 1. The molecule has 0 aliphatic carbocycles. The first-order valence-corrected chi connectivity index (χ1v) is 7.29. The van der Waals surface area contributed by atoms with Gasteiger partial charge in [0.05, 0.1) is 10.5 Å². The first-order chi connectivity index (χ1) is 11.5. The summed E-state index contributed by atoms with van der Waals surface area (Å²) < 4.78 is 5.45. The molecule has 0 amide bonds. The molecule has 6 nitrogen and oxygen atoms in total. The molecule has 0 saturated heterocycles. The number of carbonyl (C=O) groups excluding carboxylic acids is 1. The molecule has 0 atom stereocenters. The van der Waals surface area contributed by atoms with Crippen LogP contribution in [0.5, 0.6) is 5.75 Å². The van der Waals surface area contributed by atoms with Crippen LogP contribution >= 0.6 is 0 Å². The van der Waals surface area contributed by atoms with E-state index in [4.69, 9.17) is 4.74 Å². The summed E-state index contributed by atoms with van der Waals surface area (Å²) in [5.41, 5.74) is 2.04. The van der Waals surface area contributed by atoms with Crippen molar-refractivity contribution in [3.8, 4) is 5.75 Å². The zero-order valence-electron chi connectivity index (χ0n) is 13.1. The third kappa shape index (κ3) is 2.94. The Hall–Kier alpha value is -3.28. The van der Waals surface area contributed by atoms with E-state index < -0.39 is 10.9 Å². The van der Waals surface area contributed by atoms with Gasteiger partial charge in [-0.2, -0.15) is 0 Å². The van der Waals surface area contributed by atoms with Crippen molar-refractivity contribution in [3.63, 3.8) is 0 Å². The van der Waals surface area contributed by atoms with Crippen LogP contribution < -0.4 is 4.74 Å². The van der Waals surface area contributed by atoms with Gasteiger partial charge in [0.1, 0.15) is 5.52 Å². The number of carbonyl (C=O) groups is 1.